The van der Waals surface area contributed by atoms with Crippen LogP contribution in [0.4, 0.5) is 23.2 Å². The number of alkyl halides is 3. The van der Waals surface area contributed by atoms with E-state index in [1.165, 1.54) is 0 Å². The van der Waals surface area contributed by atoms with E-state index in [1.807, 2.05) is 0 Å². The summed E-state index contributed by atoms with van der Waals surface area (Å²) in [6.07, 6.45) is -4.71. The molecule has 18 heavy (non-hydrogen) atoms. The van der Waals surface area contributed by atoms with Crippen LogP contribution in [0.5, 0.6) is 0 Å². The summed E-state index contributed by atoms with van der Waals surface area (Å²) in [4.78, 5) is -0.880. The lowest BCUT2D eigenvalue weighted by atomic mass is 10.3. The Kier molecular flexibility index (Phi) is 3.86. The lowest BCUT2D eigenvalue weighted by Crippen LogP contribution is -2.36. The molecular formula is C9H10F4N2O2S. The molecule has 0 saturated heterocycles. The first-order valence-corrected chi connectivity index (χ1v) is 6.06. The van der Waals surface area contributed by atoms with Crippen molar-refractivity contribution < 1.29 is 26.0 Å². The van der Waals surface area contributed by atoms with Crippen molar-refractivity contribution in [1.82, 2.24) is 4.31 Å². The number of nitrogens with two attached hydrogens (primary N) is 1. The van der Waals surface area contributed by atoms with Crippen LogP contribution in [0, 0.1) is 5.82 Å². The molecule has 1 aromatic carbocycles. The third-order valence-electron chi connectivity index (χ3n) is 2.05. The molecule has 102 valence electrons. The summed E-state index contributed by atoms with van der Waals surface area (Å²) in [7, 11) is -3.85. The maximum atomic E-state index is 13.3. The fourth-order valence-electron chi connectivity index (χ4n) is 1.22. The number of halogens is 4. The third kappa shape index (κ3) is 3.33. The molecule has 0 saturated carbocycles. The van der Waals surface area contributed by atoms with E-state index in [2.05, 4.69) is 0 Å². The monoisotopic (exact) mass is 286 g/mol. The molecule has 0 aliphatic carbocycles. The van der Waals surface area contributed by atoms with Gasteiger partial charge in [-0.1, -0.05) is 0 Å². The Morgan fingerprint density at radius 3 is 2.39 bits per heavy atom. The molecule has 0 aromatic heterocycles. The van der Waals surface area contributed by atoms with Gasteiger partial charge < -0.3 is 5.73 Å². The van der Waals surface area contributed by atoms with E-state index < -0.39 is 33.5 Å². The number of sulfonamides is 1. The second-order valence-electron chi connectivity index (χ2n) is 3.57. The number of nitrogens with zero attached hydrogens (tertiary/aromatic N) is 1. The van der Waals surface area contributed by atoms with Gasteiger partial charge in [0.15, 0.2) is 0 Å². The highest BCUT2D eigenvalue weighted by Crippen LogP contribution is 2.24. The zero-order valence-corrected chi connectivity index (χ0v) is 10.0. The third-order valence-corrected chi connectivity index (χ3v) is 3.86. The van der Waals surface area contributed by atoms with E-state index >= 15 is 0 Å². The van der Waals surface area contributed by atoms with Gasteiger partial charge in [0.1, 0.15) is 17.3 Å². The van der Waals surface area contributed by atoms with E-state index in [-0.39, 0.29) is 9.99 Å². The van der Waals surface area contributed by atoms with Crippen molar-refractivity contribution in [3.63, 3.8) is 0 Å². The fraction of sp³-hybridized carbons (Fsp3) is 0.333. The summed E-state index contributed by atoms with van der Waals surface area (Å²) in [6, 6.07) is 2.67. The van der Waals surface area contributed by atoms with E-state index in [9.17, 15) is 26.0 Å². The van der Waals surface area contributed by atoms with E-state index in [0.717, 1.165) is 18.2 Å². The van der Waals surface area contributed by atoms with Gasteiger partial charge in [-0.05, 0) is 18.2 Å². The summed E-state index contributed by atoms with van der Waals surface area (Å²) in [5.41, 5.74) is 5.22. The summed E-state index contributed by atoms with van der Waals surface area (Å²) < 4.78 is 73.1. The first-order chi connectivity index (χ1) is 8.04. The Morgan fingerprint density at radius 2 is 1.89 bits per heavy atom. The minimum atomic E-state index is -4.71. The van der Waals surface area contributed by atoms with Crippen LogP contribution in [0.25, 0.3) is 0 Å². The predicted molar refractivity (Wildman–Crippen MR) is 56.7 cm³/mol. The Labute approximate surface area is 101 Å². The molecule has 0 unspecified atom stereocenters. The Morgan fingerprint density at radius 1 is 1.33 bits per heavy atom. The van der Waals surface area contributed by atoms with Crippen LogP contribution in [0.15, 0.2) is 23.1 Å². The number of hydrogen-bond acceptors (Lipinski definition) is 3. The van der Waals surface area contributed by atoms with Crippen LogP contribution in [0.1, 0.15) is 0 Å². The smallest absolute Gasteiger partial charge is 0.399 e. The van der Waals surface area contributed by atoms with Crippen molar-refractivity contribution >= 4 is 15.7 Å². The van der Waals surface area contributed by atoms with Gasteiger partial charge in [-0.25, -0.2) is 12.8 Å². The van der Waals surface area contributed by atoms with Gasteiger partial charge in [-0.15, -0.1) is 0 Å². The number of nitrogen functional groups attached to an aromatic ring is 1. The molecule has 0 amide bonds. The Balaban J connectivity index is 3.17. The van der Waals surface area contributed by atoms with Crippen molar-refractivity contribution in [2.45, 2.75) is 11.1 Å². The van der Waals surface area contributed by atoms with Crippen molar-refractivity contribution in [1.29, 1.82) is 0 Å². The summed E-state index contributed by atoms with van der Waals surface area (Å²) in [5, 5.41) is 0. The first-order valence-electron chi connectivity index (χ1n) is 4.62. The molecule has 1 aromatic rings. The summed E-state index contributed by atoms with van der Waals surface area (Å²) in [5.74, 6) is -1.15. The quantitative estimate of drug-likeness (QED) is 0.678. The van der Waals surface area contributed by atoms with Gasteiger partial charge in [-0.3, -0.25) is 0 Å². The predicted octanol–water partition coefficient (Wildman–Crippen LogP) is 1.59. The molecular weight excluding hydrogens is 276 g/mol. The Hall–Kier alpha value is -1.35. The Bertz CT molecular complexity index is 542. The number of rotatable bonds is 3. The van der Waals surface area contributed by atoms with Crippen LogP contribution in [-0.4, -0.2) is 32.5 Å². The van der Waals surface area contributed by atoms with Crippen LogP contribution in [0.2, 0.25) is 0 Å². The van der Waals surface area contributed by atoms with E-state index in [0.29, 0.717) is 7.05 Å². The van der Waals surface area contributed by atoms with Crippen LogP contribution in [0.3, 0.4) is 0 Å². The zero-order chi connectivity index (χ0) is 14.1. The maximum absolute atomic E-state index is 13.3. The SMILES string of the molecule is CN(CC(F)(F)F)S(=O)(=O)c1cc(N)ccc1F. The van der Waals surface area contributed by atoms with Crippen LogP contribution in [-0.2, 0) is 10.0 Å². The normalized spacial score (nSPS) is 13.0. The number of benzene rings is 1. The van der Waals surface area contributed by atoms with E-state index in [1.54, 1.807) is 0 Å². The second kappa shape index (κ2) is 4.73. The molecule has 0 heterocycles. The molecule has 0 aliphatic rings. The van der Waals surface area contributed by atoms with Crippen LogP contribution >= 0.6 is 0 Å². The largest absolute Gasteiger partial charge is 0.402 e. The zero-order valence-electron chi connectivity index (χ0n) is 9.20. The lowest BCUT2D eigenvalue weighted by molar-refractivity contribution is -0.134. The highest BCUT2D eigenvalue weighted by Gasteiger charge is 2.35. The highest BCUT2D eigenvalue weighted by atomic mass is 32.2. The van der Waals surface area contributed by atoms with E-state index in [4.69, 9.17) is 5.73 Å². The maximum Gasteiger partial charge on any atom is 0.402 e. The first kappa shape index (κ1) is 14.7. The average Bonchev–Trinajstić information content (AvgIpc) is 2.19. The minimum absolute atomic E-state index is 0.0187. The van der Waals surface area contributed by atoms with Crippen molar-refractivity contribution in [3.05, 3.63) is 24.0 Å². The van der Waals surface area contributed by atoms with Gasteiger partial charge in [0.25, 0.3) is 0 Å². The summed E-state index contributed by atoms with van der Waals surface area (Å²) >= 11 is 0. The minimum Gasteiger partial charge on any atom is -0.399 e. The topological polar surface area (TPSA) is 63.4 Å². The molecule has 1 rings (SSSR count). The van der Waals surface area contributed by atoms with Gasteiger partial charge in [0.2, 0.25) is 10.0 Å². The van der Waals surface area contributed by atoms with Crippen LogP contribution < -0.4 is 5.73 Å². The molecule has 0 fully saturated rings. The standard InChI is InChI=1S/C9H10F4N2O2S/c1-15(5-9(11,12)13)18(16,17)8-4-6(14)2-3-7(8)10/h2-4H,5,14H2,1H3. The van der Waals surface area contributed by atoms with Gasteiger partial charge >= 0.3 is 6.18 Å². The van der Waals surface area contributed by atoms with Crippen molar-refractivity contribution in [2.24, 2.45) is 0 Å². The molecule has 0 bridgehead atoms. The molecule has 9 heteroatoms. The summed E-state index contributed by atoms with van der Waals surface area (Å²) in [6.45, 7) is -1.70. The molecule has 2 N–H and O–H groups in total. The van der Waals surface area contributed by atoms with Gasteiger partial charge in [0.05, 0.1) is 0 Å². The lowest BCUT2D eigenvalue weighted by Gasteiger charge is -2.19. The fourth-order valence-corrected chi connectivity index (χ4v) is 2.47. The number of hydrogen-bond donors (Lipinski definition) is 1. The van der Waals surface area contributed by atoms with Gasteiger partial charge in [0, 0.05) is 12.7 Å². The van der Waals surface area contributed by atoms with Gasteiger partial charge in [-0.2, -0.15) is 17.5 Å². The molecule has 0 atom stereocenters. The molecule has 0 aliphatic heterocycles. The molecule has 4 nitrogen and oxygen atoms in total. The van der Waals surface area contributed by atoms with Crippen molar-refractivity contribution in [2.75, 3.05) is 19.3 Å². The van der Waals surface area contributed by atoms with Crippen molar-refractivity contribution in [3.8, 4) is 0 Å². The average molecular weight is 286 g/mol. The molecule has 0 radical (unpaired) electrons. The number of anilines is 1. The molecule has 0 spiro atoms. The highest BCUT2D eigenvalue weighted by molar-refractivity contribution is 7.89. The second-order valence-corrected chi connectivity index (χ2v) is 5.58.